The van der Waals surface area contributed by atoms with E-state index in [9.17, 15) is 0 Å². The number of benzene rings is 1. The van der Waals surface area contributed by atoms with Gasteiger partial charge in [0, 0.05) is 13.7 Å². The van der Waals surface area contributed by atoms with E-state index in [1.165, 1.54) is 11.1 Å². The molecule has 0 spiro atoms. The number of imidazole rings is 1. The van der Waals surface area contributed by atoms with Gasteiger partial charge in [0.1, 0.15) is 0 Å². The summed E-state index contributed by atoms with van der Waals surface area (Å²) < 4.78 is 7.15. The van der Waals surface area contributed by atoms with E-state index in [0.717, 1.165) is 18.7 Å². The maximum atomic E-state index is 5.04. The van der Waals surface area contributed by atoms with Crippen LogP contribution in [0.25, 0.3) is 11.0 Å². The molecule has 2 aromatic rings. The van der Waals surface area contributed by atoms with E-state index >= 15 is 0 Å². The van der Waals surface area contributed by atoms with Crippen molar-refractivity contribution >= 4 is 11.0 Å². The Balaban J connectivity index is 2.37. The van der Waals surface area contributed by atoms with E-state index < -0.39 is 0 Å². The summed E-state index contributed by atoms with van der Waals surface area (Å²) in [6.07, 6.45) is 1.86. The van der Waals surface area contributed by atoms with Crippen molar-refractivity contribution in [3.8, 4) is 0 Å². The van der Waals surface area contributed by atoms with E-state index in [0.29, 0.717) is 0 Å². The molecule has 3 heteroatoms. The quantitative estimate of drug-likeness (QED) is 0.740. The second-order valence-corrected chi connectivity index (χ2v) is 3.42. The average Bonchev–Trinajstić information content (AvgIpc) is 2.57. The predicted molar refractivity (Wildman–Crippen MR) is 56.3 cm³/mol. The first-order chi connectivity index (χ1) is 6.81. The second kappa shape index (κ2) is 3.80. The fourth-order valence-electron chi connectivity index (χ4n) is 1.54. The summed E-state index contributed by atoms with van der Waals surface area (Å²) in [6, 6.07) is 6.30. The number of hydrogen-bond donors (Lipinski definition) is 0. The van der Waals surface area contributed by atoms with Crippen LogP contribution in [-0.4, -0.2) is 23.3 Å². The molecule has 0 bridgehead atoms. The molecule has 1 aromatic heterocycles. The number of fused-ring (bicyclic) bond motifs is 1. The van der Waals surface area contributed by atoms with Crippen LogP contribution in [0.2, 0.25) is 0 Å². The highest BCUT2D eigenvalue weighted by atomic mass is 16.5. The van der Waals surface area contributed by atoms with Gasteiger partial charge in [0.15, 0.2) is 0 Å². The molecule has 1 heterocycles. The molecule has 0 fully saturated rings. The fourth-order valence-corrected chi connectivity index (χ4v) is 1.54. The zero-order valence-corrected chi connectivity index (χ0v) is 8.53. The van der Waals surface area contributed by atoms with Gasteiger partial charge >= 0.3 is 0 Å². The molecule has 0 aliphatic carbocycles. The molecule has 3 nitrogen and oxygen atoms in total. The van der Waals surface area contributed by atoms with Gasteiger partial charge in [-0.15, -0.1) is 0 Å². The number of ether oxygens (including phenoxy) is 1. The van der Waals surface area contributed by atoms with Crippen molar-refractivity contribution in [2.24, 2.45) is 0 Å². The van der Waals surface area contributed by atoms with Gasteiger partial charge in [-0.3, -0.25) is 0 Å². The van der Waals surface area contributed by atoms with Crippen molar-refractivity contribution in [2.75, 3.05) is 13.7 Å². The van der Waals surface area contributed by atoms with E-state index in [-0.39, 0.29) is 0 Å². The van der Waals surface area contributed by atoms with Crippen LogP contribution < -0.4 is 0 Å². The van der Waals surface area contributed by atoms with Crippen LogP contribution in [0.4, 0.5) is 0 Å². The molecule has 0 unspecified atom stereocenters. The van der Waals surface area contributed by atoms with Gasteiger partial charge in [0.05, 0.1) is 24.0 Å². The normalized spacial score (nSPS) is 11.0. The molecule has 0 aliphatic heterocycles. The lowest BCUT2D eigenvalue weighted by molar-refractivity contribution is 0.188. The smallest absolute Gasteiger partial charge is 0.0959 e. The second-order valence-electron chi connectivity index (χ2n) is 3.42. The third kappa shape index (κ3) is 1.63. The maximum Gasteiger partial charge on any atom is 0.0959 e. The van der Waals surface area contributed by atoms with Crippen molar-refractivity contribution < 1.29 is 4.74 Å². The van der Waals surface area contributed by atoms with Gasteiger partial charge in [0.2, 0.25) is 0 Å². The molecule has 0 radical (unpaired) electrons. The topological polar surface area (TPSA) is 27.1 Å². The highest BCUT2D eigenvalue weighted by Crippen LogP contribution is 2.14. The lowest BCUT2D eigenvalue weighted by atomic mass is 10.2. The fraction of sp³-hybridized carbons (Fsp3) is 0.364. The van der Waals surface area contributed by atoms with Crippen molar-refractivity contribution in [3.05, 3.63) is 30.1 Å². The van der Waals surface area contributed by atoms with Crippen molar-refractivity contribution in [1.82, 2.24) is 9.55 Å². The summed E-state index contributed by atoms with van der Waals surface area (Å²) in [7, 11) is 1.71. The monoisotopic (exact) mass is 190 g/mol. The Morgan fingerprint density at radius 2 is 2.29 bits per heavy atom. The Labute approximate surface area is 83.3 Å². The SMILES string of the molecule is COCCn1cnc2cc(C)ccc21. The Hall–Kier alpha value is -1.35. The largest absolute Gasteiger partial charge is 0.383 e. The average molecular weight is 190 g/mol. The highest BCUT2D eigenvalue weighted by molar-refractivity contribution is 5.75. The van der Waals surface area contributed by atoms with Crippen LogP contribution in [0.15, 0.2) is 24.5 Å². The zero-order chi connectivity index (χ0) is 9.97. The van der Waals surface area contributed by atoms with Gasteiger partial charge in [-0.05, 0) is 24.6 Å². The Bertz CT molecular complexity index is 434. The third-order valence-corrected chi connectivity index (χ3v) is 2.31. The van der Waals surface area contributed by atoms with Gasteiger partial charge in [-0.2, -0.15) is 0 Å². The minimum atomic E-state index is 0.722. The minimum absolute atomic E-state index is 0.722. The minimum Gasteiger partial charge on any atom is -0.383 e. The van der Waals surface area contributed by atoms with Gasteiger partial charge < -0.3 is 9.30 Å². The van der Waals surface area contributed by atoms with Crippen LogP contribution in [0.1, 0.15) is 5.56 Å². The van der Waals surface area contributed by atoms with Crippen molar-refractivity contribution in [2.45, 2.75) is 13.5 Å². The lowest BCUT2D eigenvalue weighted by Crippen LogP contribution is -2.02. The van der Waals surface area contributed by atoms with Crippen LogP contribution in [-0.2, 0) is 11.3 Å². The summed E-state index contributed by atoms with van der Waals surface area (Å²) >= 11 is 0. The van der Waals surface area contributed by atoms with Gasteiger partial charge in [-0.1, -0.05) is 6.07 Å². The van der Waals surface area contributed by atoms with Gasteiger partial charge in [0.25, 0.3) is 0 Å². The number of nitrogens with zero attached hydrogens (tertiary/aromatic N) is 2. The summed E-state index contributed by atoms with van der Waals surface area (Å²) in [5, 5.41) is 0. The van der Waals surface area contributed by atoms with Crippen molar-refractivity contribution in [1.29, 1.82) is 0 Å². The zero-order valence-electron chi connectivity index (χ0n) is 8.53. The molecular weight excluding hydrogens is 176 g/mol. The first-order valence-electron chi connectivity index (χ1n) is 4.71. The Kier molecular flexibility index (Phi) is 2.50. The summed E-state index contributed by atoms with van der Waals surface area (Å²) in [6.45, 7) is 3.66. The molecule has 0 N–H and O–H groups in total. The molecule has 74 valence electrons. The molecule has 1 aromatic carbocycles. The maximum absolute atomic E-state index is 5.04. The lowest BCUT2D eigenvalue weighted by Gasteiger charge is -2.02. The molecule has 0 atom stereocenters. The highest BCUT2D eigenvalue weighted by Gasteiger charge is 2.01. The van der Waals surface area contributed by atoms with E-state index in [2.05, 4.69) is 34.7 Å². The Morgan fingerprint density at radius 1 is 1.43 bits per heavy atom. The Morgan fingerprint density at radius 3 is 3.07 bits per heavy atom. The molecule has 0 aliphatic rings. The van der Waals surface area contributed by atoms with Crippen LogP contribution in [0.5, 0.6) is 0 Å². The number of hydrogen-bond acceptors (Lipinski definition) is 2. The molecular formula is C11H14N2O. The summed E-state index contributed by atoms with van der Waals surface area (Å²) in [5.41, 5.74) is 3.48. The predicted octanol–water partition coefficient (Wildman–Crippen LogP) is 1.99. The number of rotatable bonds is 3. The number of methoxy groups -OCH3 is 1. The molecule has 0 amide bonds. The third-order valence-electron chi connectivity index (χ3n) is 2.31. The van der Waals surface area contributed by atoms with Gasteiger partial charge in [-0.25, -0.2) is 4.98 Å². The molecule has 0 saturated heterocycles. The molecule has 14 heavy (non-hydrogen) atoms. The van der Waals surface area contributed by atoms with Crippen LogP contribution in [0, 0.1) is 6.92 Å². The first-order valence-corrected chi connectivity index (χ1v) is 4.71. The van der Waals surface area contributed by atoms with E-state index in [1.807, 2.05) is 6.33 Å². The first kappa shape index (κ1) is 9.21. The molecule has 2 rings (SSSR count). The molecule has 0 saturated carbocycles. The van der Waals surface area contributed by atoms with E-state index in [4.69, 9.17) is 4.74 Å². The summed E-state index contributed by atoms with van der Waals surface area (Å²) in [4.78, 5) is 4.34. The summed E-state index contributed by atoms with van der Waals surface area (Å²) in [5.74, 6) is 0. The van der Waals surface area contributed by atoms with Crippen LogP contribution in [0.3, 0.4) is 0 Å². The van der Waals surface area contributed by atoms with E-state index in [1.54, 1.807) is 7.11 Å². The van der Waals surface area contributed by atoms with Crippen LogP contribution >= 0.6 is 0 Å². The van der Waals surface area contributed by atoms with Crippen molar-refractivity contribution in [3.63, 3.8) is 0 Å². The number of aromatic nitrogens is 2. The number of aryl methyl sites for hydroxylation is 1. The standard InChI is InChI=1S/C11H14N2O/c1-9-3-4-11-10(7-9)12-8-13(11)5-6-14-2/h3-4,7-8H,5-6H2,1-2H3.